The number of esters is 1. The lowest BCUT2D eigenvalue weighted by molar-refractivity contribution is -0.150. The molecule has 0 aliphatic carbocycles. The minimum absolute atomic E-state index is 0.00950. The van der Waals surface area contributed by atoms with Crippen LogP contribution in [0, 0.1) is 11.7 Å². The molecule has 1 heterocycles. The molecule has 11 heteroatoms. The molecule has 1 fully saturated rings. The molecule has 0 N–H and O–H groups in total. The SMILES string of the molecule is O=C(OCCOc1ccc(F)cc1)C1CCN(S(=O)(=O)c2cccc(C(F)(F)F)c2)CC1. The molecule has 0 saturated carbocycles. The van der Waals surface area contributed by atoms with Crippen molar-refractivity contribution in [1.29, 1.82) is 0 Å². The Labute approximate surface area is 182 Å². The first-order valence-electron chi connectivity index (χ1n) is 9.80. The third-order valence-corrected chi connectivity index (χ3v) is 6.89. The van der Waals surface area contributed by atoms with E-state index in [4.69, 9.17) is 9.47 Å². The second-order valence-electron chi connectivity index (χ2n) is 7.17. The van der Waals surface area contributed by atoms with Crippen LogP contribution in [0.1, 0.15) is 18.4 Å². The first-order valence-corrected chi connectivity index (χ1v) is 11.2. The fourth-order valence-corrected chi connectivity index (χ4v) is 4.78. The number of hydrogen-bond acceptors (Lipinski definition) is 5. The van der Waals surface area contributed by atoms with Crippen LogP contribution in [0.3, 0.4) is 0 Å². The van der Waals surface area contributed by atoms with Crippen molar-refractivity contribution in [3.8, 4) is 5.75 Å². The zero-order chi connectivity index (χ0) is 23.4. The molecule has 2 aromatic rings. The Morgan fingerprint density at radius 1 is 1.03 bits per heavy atom. The molecule has 174 valence electrons. The van der Waals surface area contributed by atoms with E-state index in [0.29, 0.717) is 11.8 Å². The summed E-state index contributed by atoms with van der Waals surface area (Å²) in [5.41, 5.74) is -1.04. The quantitative estimate of drug-likeness (QED) is 0.345. The van der Waals surface area contributed by atoms with Gasteiger partial charge in [0.05, 0.1) is 16.4 Å². The van der Waals surface area contributed by atoms with Gasteiger partial charge in [-0.3, -0.25) is 4.79 Å². The molecule has 0 radical (unpaired) electrons. The van der Waals surface area contributed by atoms with E-state index in [1.165, 1.54) is 24.3 Å². The maximum absolute atomic E-state index is 12.9. The number of benzene rings is 2. The van der Waals surface area contributed by atoms with Crippen LogP contribution in [-0.2, 0) is 25.7 Å². The van der Waals surface area contributed by atoms with Gasteiger partial charge in [0.2, 0.25) is 10.0 Å². The van der Waals surface area contributed by atoms with E-state index < -0.39 is 44.4 Å². The molecule has 2 aromatic carbocycles. The summed E-state index contributed by atoms with van der Waals surface area (Å²) >= 11 is 0. The average molecular weight is 475 g/mol. The molecule has 1 aliphatic heterocycles. The highest BCUT2D eigenvalue weighted by Gasteiger charge is 2.35. The lowest BCUT2D eigenvalue weighted by Gasteiger charge is -2.30. The average Bonchev–Trinajstić information content (AvgIpc) is 2.77. The topological polar surface area (TPSA) is 72.9 Å². The first-order chi connectivity index (χ1) is 15.1. The molecule has 0 atom stereocenters. The molecule has 0 spiro atoms. The van der Waals surface area contributed by atoms with Crippen molar-refractivity contribution < 1.29 is 40.2 Å². The molecule has 1 aliphatic rings. The zero-order valence-corrected chi connectivity index (χ0v) is 17.7. The predicted molar refractivity (Wildman–Crippen MR) is 106 cm³/mol. The number of alkyl halides is 3. The summed E-state index contributed by atoms with van der Waals surface area (Å²) in [7, 11) is -4.11. The van der Waals surface area contributed by atoms with Gasteiger partial charge in [0.25, 0.3) is 0 Å². The van der Waals surface area contributed by atoms with Gasteiger partial charge in [0.15, 0.2) is 0 Å². The van der Waals surface area contributed by atoms with Crippen LogP contribution in [0.5, 0.6) is 5.75 Å². The maximum Gasteiger partial charge on any atom is 0.416 e. The minimum atomic E-state index is -4.65. The van der Waals surface area contributed by atoms with Gasteiger partial charge in [-0.2, -0.15) is 17.5 Å². The fourth-order valence-electron chi connectivity index (χ4n) is 3.26. The maximum atomic E-state index is 12.9. The van der Waals surface area contributed by atoms with Crippen LogP contribution in [0.15, 0.2) is 53.4 Å². The van der Waals surface area contributed by atoms with Gasteiger partial charge in [-0.15, -0.1) is 0 Å². The highest BCUT2D eigenvalue weighted by molar-refractivity contribution is 7.89. The lowest BCUT2D eigenvalue weighted by atomic mass is 9.98. The highest BCUT2D eigenvalue weighted by atomic mass is 32.2. The van der Waals surface area contributed by atoms with Crippen molar-refractivity contribution >= 4 is 16.0 Å². The van der Waals surface area contributed by atoms with Crippen LogP contribution >= 0.6 is 0 Å². The summed E-state index contributed by atoms with van der Waals surface area (Å²) in [4.78, 5) is 11.8. The number of sulfonamides is 1. The number of ether oxygens (including phenoxy) is 2. The van der Waals surface area contributed by atoms with Gasteiger partial charge in [-0.05, 0) is 55.3 Å². The van der Waals surface area contributed by atoms with E-state index >= 15 is 0 Å². The molecular formula is C21H21F4NO5S. The van der Waals surface area contributed by atoms with Crippen LogP contribution in [0.25, 0.3) is 0 Å². The van der Waals surface area contributed by atoms with Crippen molar-refractivity contribution in [3.05, 3.63) is 59.9 Å². The first kappa shape index (κ1) is 24.0. The normalized spacial score (nSPS) is 16.0. The molecule has 0 bridgehead atoms. The number of nitrogens with zero attached hydrogens (tertiary/aromatic N) is 1. The van der Waals surface area contributed by atoms with Crippen LogP contribution < -0.4 is 4.74 Å². The Morgan fingerprint density at radius 2 is 1.69 bits per heavy atom. The summed E-state index contributed by atoms with van der Waals surface area (Å²) in [5.74, 6) is -0.988. The number of halogens is 4. The molecule has 3 rings (SSSR count). The van der Waals surface area contributed by atoms with Crippen LogP contribution in [0.4, 0.5) is 17.6 Å². The van der Waals surface area contributed by atoms with Crippen LogP contribution in [-0.4, -0.2) is 45.0 Å². The Bertz CT molecular complexity index is 1030. The Hall–Kier alpha value is -2.66. The number of piperidine rings is 1. The van der Waals surface area contributed by atoms with Crippen molar-refractivity contribution in [2.75, 3.05) is 26.3 Å². The van der Waals surface area contributed by atoms with Crippen molar-refractivity contribution in [3.63, 3.8) is 0 Å². The van der Waals surface area contributed by atoms with E-state index in [1.807, 2.05) is 0 Å². The third-order valence-electron chi connectivity index (χ3n) is 5.00. The summed E-state index contributed by atoms with van der Waals surface area (Å²) < 4.78 is 88.5. The molecular weight excluding hydrogens is 454 g/mol. The number of carbonyl (C=O) groups is 1. The van der Waals surface area contributed by atoms with Gasteiger partial charge in [0.1, 0.15) is 24.8 Å². The molecule has 0 unspecified atom stereocenters. The molecule has 1 saturated heterocycles. The Balaban J connectivity index is 1.48. The highest BCUT2D eigenvalue weighted by Crippen LogP contribution is 2.32. The monoisotopic (exact) mass is 475 g/mol. The van der Waals surface area contributed by atoms with Gasteiger partial charge in [-0.1, -0.05) is 6.07 Å². The van der Waals surface area contributed by atoms with Crippen molar-refractivity contribution in [2.45, 2.75) is 23.9 Å². The van der Waals surface area contributed by atoms with E-state index in [-0.39, 0.29) is 39.1 Å². The Morgan fingerprint density at radius 3 is 2.31 bits per heavy atom. The lowest BCUT2D eigenvalue weighted by Crippen LogP contribution is -2.40. The second-order valence-corrected chi connectivity index (χ2v) is 9.11. The van der Waals surface area contributed by atoms with Gasteiger partial charge >= 0.3 is 12.1 Å². The van der Waals surface area contributed by atoms with E-state index in [2.05, 4.69) is 0 Å². The summed E-state index contributed by atoms with van der Waals surface area (Å²) in [6, 6.07) is 8.94. The largest absolute Gasteiger partial charge is 0.490 e. The minimum Gasteiger partial charge on any atom is -0.490 e. The summed E-state index contributed by atoms with van der Waals surface area (Å²) in [5, 5.41) is 0. The van der Waals surface area contributed by atoms with Crippen molar-refractivity contribution in [1.82, 2.24) is 4.31 Å². The molecule has 0 aromatic heterocycles. The molecule has 0 amide bonds. The number of carbonyl (C=O) groups excluding carboxylic acids is 1. The van der Waals surface area contributed by atoms with E-state index in [0.717, 1.165) is 22.5 Å². The third kappa shape index (κ3) is 5.98. The zero-order valence-electron chi connectivity index (χ0n) is 16.8. The van der Waals surface area contributed by atoms with E-state index in [1.54, 1.807) is 0 Å². The number of rotatable bonds is 7. The van der Waals surface area contributed by atoms with Gasteiger partial charge in [0, 0.05) is 13.1 Å². The van der Waals surface area contributed by atoms with Gasteiger partial charge < -0.3 is 9.47 Å². The van der Waals surface area contributed by atoms with Crippen molar-refractivity contribution in [2.24, 2.45) is 5.92 Å². The Kier molecular flexibility index (Phi) is 7.40. The predicted octanol–water partition coefficient (Wildman–Crippen LogP) is 3.87. The fraction of sp³-hybridized carbons (Fsp3) is 0.381. The van der Waals surface area contributed by atoms with E-state index in [9.17, 15) is 30.8 Å². The second kappa shape index (κ2) is 9.86. The molecule has 6 nitrogen and oxygen atoms in total. The summed E-state index contributed by atoms with van der Waals surface area (Å²) in [6.45, 7) is 0.0218. The molecule has 32 heavy (non-hydrogen) atoms. The smallest absolute Gasteiger partial charge is 0.416 e. The summed E-state index contributed by atoms with van der Waals surface area (Å²) in [6.07, 6.45) is -4.27. The van der Waals surface area contributed by atoms with Gasteiger partial charge in [-0.25, -0.2) is 12.8 Å². The standard InChI is InChI=1S/C21H21F4NO5S/c22-17-4-6-18(7-5-17)30-12-13-31-20(27)15-8-10-26(11-9-15)32(28,29)19-3-1-2-16(14-19)21(23,24)25/h1-7,14-15H,8-13H2. The number of hydrogen-bond donors (Lipinski definition) is 0. The van der Waals surface area contributed by atoms with Crippen LogP contribution in [0.2, 0.25) is 0 Å².